The van der Waals surface area contributed by atoms with Crippen molar-refractivity contribution in [2.45, 2.75) is 43.8 Å². The van der Waals surface area contributed by atoms with Crippen LogP contribution in [0.5, 0.6) is 0 Å². The average Bonchev–Trinajstić information content (AvgIpc) is 2.88. The zero-order valence-corrected chi connectivity index (χ0v) is 9.93. The fraction of sp³-hybridized carbons (Fsp3) is 0.583. The predicted octanol–water partition coefficient (Wildman–Crippen LogP) is 1.76. The third kappa shape index (κ3) is 1.99. The lowest BCUT2D eigenvalue weighted by atomic mass is 9.99. The van der Waals surface area contributed by atoms with Gasteiger partial charge in [-0.1, -0.05) is 0 Å². The van der Waals surface area contributed by atoms with Gasteiger partial charge in [0.25, 0.3) is 5.91 Å². The van der Waals surface area contributed by atoms with Gasteiger partial charge >= 0.3 is 0 Å². The van der Waals surface area contributed by atoms with Gasteiger partial charge in [0.2, 0.25) is 0 Å². The van der Waals surface area contributed by atoms with E-state index in [9.17, 15) is 4.79 Å². The van der Waals surface area contributed by atoms with Crippen LogP contribution in [0.25, 0.3) is 0 Å². The first-order valence-corrected chi connectivity index (χ1v) is 6.84. The monoisotopic (exact) mass is 236 g/mol. The topological polar surface area (TPSA) is 41.1 Å². The van der Waals surface area contributed by atoms with E-state index in [1.54, 1.807) is 11.3 Å². The molecule has 3 heterocycles. The van der Waals surface area contributed by atoms with E-state index >= 15 is 0 Å². The van der Waals surface area contributed by atoms with Crippen LogP contribution in [0.2, 0.25) is 0 Å². The molecule has 2 fully saturated rings. The van der Waals surface area contributed by atoms with E-state index < -0.39 is 0 Å². The summed E-state index contributed by atoms with van der Waals surface area (Å²) < 4.78 is 0. The summed E-state index contributed by atoms with van der Waals surface area (Å²) in [5, 5.41) is 10.6. The molecule has 0 aliphatic carbocycles. The van der Waals surface area contributed by atoms with Crippen LogP contribution in [0.3, 0.4) is 0 Å². The Kier molecular flexibility index (Phi) is 2.69. The maximum absolute atomic E-state index is 11.9. The smallest absolute Gasteiger partial charge is 0.252 e. The number of nitrogens with one attached hydrogen (secondary N) is 2. The van der Waals surface area contributed by atoms with Crippen molar-refractivity contribution in [3.05, 3.63) is 22.4 Å². The van der Waals surface area contributed by atoms with E-state index in [0.717, 1.165) is 18.4 Å². The molecule has 1 aromatic rings. The summed E-state index contributed by atoms with van der Waals surface area (Å²) in [6.45, 7) is 0. The Labute approximate surface area is 99.2 Å². The molecule has 0 saturated carbocycles. The van der Waals surface area contributed by atoms with Crippen molar-refractivity contribution < 1.29 is 4.79 Å². The van der Waals surface area contributed by atoms with Gasteiger partial charge in [-0.2, -0.15) is 11.3 Å². The molecule has 2 atom stereocenters. The van der Waals surface area contributed by atoms with Crippen LogP contribution in [0.4, 0.5) is 0 Å². The number of rotatable bonds is 2. The molecular weight excluding hydrogens is 220 g/mol. The summed E-state index contributed by atoms with van der Waals surface area (Å²) in [4.78, 5) is 11.9. The van der Waals surface area contributed by atoms with Crippen LogP contribution in [0, 0.1) is 0 Å². The molecule has 3 rings (SSSR count). The second kappa shape index (κ2) is 4.18. The minimum absolute atomic E-state index is 0.0903. The lowest BCUT2D eigenvalue weighted by Gasteiger charge is -2.29. The SMILES string of the molecule is O=C(NC1CC2CCC(C1)N2)c1ccsc1. The molecule has 3 nitrogen and oxygen atoms in total. The van der Waals surface area contributed by atoms with Crippen LogP contribution >= 0.6 is 11.3 Å². The van der Waals surface area contributed by atoms with Gasteiger partial charge in [0.15, 0.2) is 0 Å². The molecule has 2 aliphatic heterocycles. The third-order valence-electron chi connectivity index (χ3n) is 3.59. The Morgan fingerprint density at radius 1 is 1.38 bits per heavy atom. The number of thiophene rings is 1. The minimum atomic E-state index is 0.0903. The third-order valence-corrected chi connectivity index (χ3v) is 4.27. The quantitative estimate of drug-likeness (QED) is 0.821. The molecule has 1 amide bonds. The zero-order chi connectivity index (χ0) is 11.0. The lowest BCUT2D eigenvalue weighted by Crippen LogP contribution is -2.47. The predicted molar refractivity (Wildman–Crippen MR) is 64.8 cm³/mol. The molecule has 86 valence electrons. The largest absolute Gasteiger partial charge is 0.349 e. The summed E-state index contributed by atoms with van der Waals surface area (Å²) in [6, 6.07) is 3.51. The van der Waals surface area contributed by atoms with Crippen molar-refractivity contribution in [3.63, 3.8) is 0 Å². The van der Waals surface area contributed by atoms with Gasteiger partial charge in [0, 0.05) is 29.1 Å². The number of carbonyl (C=O) groups is 1. The molecule has 0 radical (unpaired) electrons. The van der Waals surface area contributed by atoms with Crippen LogP contribution in [0.15, 0.2) is 16.8 Å². The van der Waals surface area contributed by atoms with Gasteiger partial charge < -0.3 is 10.6 Å². The molecule has 2 bridgehead atoms. The molecule has 0 spiro atoms. The number of hydrogen-bond donors (Lipinski definition) is 2. The highest BCUT2D eigenvalue weighted by Gasteiger charge is 2.33. The fourth-order valence-electron chi connectivity index (χ4n) is 2.84. The Morgan fingerprint density at radius 3 is 2.75 bits per heavy atom. The van der Waals surface area contributed by atoms with Gasteiger partial charge in [-0.25, -0.2) is 0 Å². The summed E-state index contributed by atoms with van der Waals surface area (Å²) in [5.74, 6) is 0.0903. The van der Waals surface area contributed by atoms with E-state index in [1.165, 1.54) is 12.8 Å². The van der Waals surface area contributed by atoms with Gasteiger partial charge in [0.05, 0.1) is 0 Å². The number of piperidine rings is 1. The van der Waals surface area contributed by atoms with Crippen molar-refractivity contribution in [3.8, 4) is 0 Å². The lowest BCUT2D eigenvalue weighted by molar-refractivity contribution is 0.0924. The van der Waals surface area contributed by atoms with Crippen LogP contribution in [0.1, 0.15) is 36.0 Å². The Morgan fingerprint density at radius 2 is 2.12 bits per heavy atom. The molecule has 16 heavy (non-hydrogen) atoms. The first-order chi connectivity index (χ1) is 7.81. The molecule has 1 aromatic heterocycles. The molecular formula is C12H16N2OS. The molecule has 2 N–H and O–H groups in total. The van der Waals surface area contributed by atoms with Crippen molar-refractivity contribution >= 4 is 17.2 Å². The standard InChI is InChI=1S/C12H16N2OS/c15-12(8-3-4-16-7-8)14-11-5-9-1-2-10(6-11)13-9/h3-4,7,9-11,13H,1-2,5-6H2,(H,14,15). The number of hydrogen-bond acceptors (Lipinski definition) is 3. The van der Waals surface area contributed by atoms with Crippen molar-refractivity contribution in [1.29, 1.82) is 0 Å². The van der Waals surface area contributed by atoms with Crippen LogP contribution in [-0.2, 0) is 0 Å². The van der Waals surface area contributed by atoms with Gasteiger partial charge in [-0.15, -0.1) is 0 Å². The summed E-state index contributed by atoms with van der Waals surface area (Å²) in [6.07, 6.45) is 4.73. The average molecular weight is 236 g/mol. The van der Waals surface area contributed by atoms with E-state index in [-0.39, 0.29) is 5.91 Å². The second-order valence-corrected chi connectivity index (χ2v) is 5.57. The highest BCUT2D eigenvalue weighted by atomic mass is 32.1. The molecule has 2 aliphatic rings. The number of carbonyl (C=O) groups excluding carboxylic acids is 1. The van der Waals surface area contributed by atoms with Gasteiger partial charge in [-0.3, -0.25) is 4.79 Å². The van der Waals surface area contributed by atoms with Crippen LogP contribution < -0.4 is 10.6 Å². The summed E-state index contributed by atoms with van der Waals surface area (Å²) in [5.41, 5.74) is 0.802. The van der Waals surface area contributed by atoms with Crippen LogP contribution in [-0.4, -0.2) is 24.0 Å². The van der Waals surface area contributed by atoms with Gasteiger partial charge in [-0.05, 0) is 37.1 Å². The molecule has 2 unspecified atom stereocenters. The highest BCUT2D eigenvalue weighted by molar-refractivity contribution is 7.08. The molecule has 2 saturated heterocycles. The Balaban J connectivity index is 1.61. The molecule has 4 heteroatoms. The van der Waals surface area contributed by atoms with E-state index in [4.69, 9.17) is 0 Å². The Hall–Kier alpha value is -0.870. The normalized spacial score (nSPS) is 32.6. The maximum Gasteiger partial charge on any atom is 0.252 e. The maximum atomic E-state index is 11.9. The number of fused-ring (bicyclic) bond motifs is 2. The van der Waals surface area contributed by atoms with E-state index in [0.29, 0.717) is 18.1 Å². The first-order valence-electron chi connectivity index (χ1n) is 5.90. The summed E-state index contributed by atoms with van der Waals surface area (Å²) in [7, 11) is 0. The molecule has 0 aromatic carbocycles. The fourth-order valence-corrected chi connectivity index (χ4v) is 3.47. The van der Waals surface area contributed by atoms with Gasteiger partial charge in [0.1, 0.15) is 0 Å². The van der Waals surface area contributed by atoms with E-state index in [2.05, 4.69) is 10.6 Å². The number of amides is 1. The summed E-state index contributed by atoms with van der Waals surface area (Å²) >= 11 is 1.57. The van der Waals surface area contributed by atoms with Crippen molar-refractivity contribution in [1.82, 2.24) is 10.6 Å². The van der Waals surface area contributed by atoms with Crippen molar-refractivity contribution in [2.75, 3.05) is 0 Å². The van der Waals surface area contributed by atoms with E-state index in [1.807, 2.05) is 16.8 Å². The Bertz CT molecular complexity index is 364. The zero-order valence-electron chi connectivity index (χ0n) is 9.11. The van der Waals surface area contributed by atoms with Crippen molar-refractivity contribution in [2.24, 2.45) is 0 Å². The second-order valence-electron chi connectivity index (χ2n) is 4.79. The first kappa shape index (κ1) is 10.3. The highest BCUT2D eigenvalue weighted by Crippen LogP contribution is 2.26. The minimum Gasteiger partial charge on any atom is -0.349 e.